The maximum Gasteiger partial charge on any atom is 0.165 e. The maximum absolute atomic E-state index is 9.76. The van der Waals surface area contributed by atoms with Crippen LogP contribution in [0.15, 0.2) is 16.8 Å². The second-order valence-electron chi connectivity index (χ2n) is 1.19. The Bertz CT molecular complexity index is 126. The average molecular weight is 112 g/mol. The van der Waals surface area contributed by atoms with Crippen molar-refractivity contribution in [2.75, 3.05) is 7.05 Å². The van der Waals surface area contributed by atoms with Crippen LogP contribution >= 0.6 is 0 Å². The lowest BCUT2D eigenvalue weighted by Gasteiger charge is -1.78. The first-order valence-electron chi connectivity index (χ1n) is 2.14. The van der Waals surface area contributed by atoms with E-state index in [1.165, 1.54) is 12.3 Å². The highest BCUT2D eigenvalue weighted by Gasteiger charge is 1.76. The van der Waals surface area contributed by atoms with E-state index in [1.54, 1.807) is 7.05 Å². The van der Waals surface area contributed by atoms with Gasteiger partial charge in [-0.3, -0.25) is 9.79 Å². The normalized spacial score (nSPS) is 12.4. The van der Waals surface area contributed by atoms with E-state index in [4.69, 9.17) is 5.73 Å². The van der Waals surface area contributed by atoms with Gasteiger partial charge in [0.1, 0.15) is 0 Å². The monoisotopic (exact) mass is 112 g/mol. The standard InChI is InChI=1S/C5H8N2O/c1-7-3-2-5(6)4-8/h2-4H,6H2,1H3/b5-2-,7-3?. The van der Waals surface area contributed by atoms with Gasteiger partial charge >= 0.3 is 0 Å². The van der Waals surface area contributed by atoms with E-state index in [0.29, 0.717) is 6.29 Å². The van der Waals surface area contributed by atoms with E-state index in [1.807, 2.05) is 0 Å². The average Bonchev–Trinajstić information content (AvgIpc) is 1.83. The number of hydrogen-bond acceptors (Lipinski definition) is 3. The van der Waals surface area contributed by atoms with Crippen molar-refractivity contribution in [2.45, 2.75) is 0 Å². The SMILES string of the molecule is CN=C/C=C(\N)C=O. The summed E-state index contributed by atoms with van der Waals surface area (Å²) in [4.78, 5) is 13.3. The number of nitrogens with zero attached hydrogens (tertiary/aromatic N) is 1. The Hall–Kier alpha value is -1.12. The van der Waals surface area contributed by atoms with E-state index in [-0.39, 0.29) is 5.70 Å². The Kier molecular flexibility index (Phi) is 3.48. The summed E-state index contributed by atoms with van der Waals surface area (Å²) in [6, 6.07) is 0. The third-order valence-electron chi connectivity index (χ3n) is 0.552. The van der Waals surface area contributed by atoms with Crippen LogP contribution in [-0.4, -0.2) is 19.5 Å². The lowest BCUT2D eigenvalue weighted by Crippen LogP contribution is -1.97. The molecule has 0 atom stereocenters. The molecule has 0 fully saturated rings. The molecule has 0 aromatic heterocycles. The minimum absolute atomic E-state index is 0.190. The number of rotatable bonds is 2. The summed E-state index contributed by atoms with van der Waals surface area (Å²) in [5.74, 6) is 0. The summed E-state index contributed by atoms with van der Waals surface area (Å²) in [6.07, 6.45) is 3.47. The number of nitrogens with two attached hydrogens (primary N) is 1. The lowest BCUT2D eigenvalue weighted by atomic mass is 10.5. The fourth-order valence-electron chi connectivity index (χ4n) is 0.200. The summed E-state index contributed by atoms with van der Waals surface area (Å²) in [5.41, 5.74) is 5.25. The van der Waals surface area contributed by atoms with Crippen LogP contribution in [0.4, 0.5) is 0 Å². The molecule has 0 heterocycles. The molecule has 0 saturated heterocycles. The van der Waals surface area contributed by atoms with Crippen LogP contribution in [0.1, 0.15) is 0 Å². The van der Waals surface area contributed by atoms with Gasteiger partial charge in [0.15, 0.2) is 6.29 Å². The van der Waals surface area contributed by atoms with Crippen molar-refractivity contribution in [3.8, 4) is 0 Å². The van der Waals surface area contributed by atoms with E-state index < -0.39 is 0 Å². The molecule has 3 nitrogen and oxygen atoms in total. The van der Waals surface area contributed by atoms with Crippen LogP contribution in [0.5, 0.6) is 0 Å². The van der Waals surface area contributed by atoms with Crippen molar-refractivity contribution in [1.82, 2.24) is 0 Å². The second-order valence-corrected chi connectivity index (χ2v) is 1.19. The van der Waals surface area contributed by atoms with E-state index in [9.17, 15) is 4.79 Å². The predicted octanol–water partition coefficient (Wildman–Crippen LogP) is -0.272. The van der Waals surface area contributed by atoms with E-state index in [2.05, 4.69) is 4.99 Å². The molecule has 8 heavy (non-hydrogen) atoms. The van der Waals surface area contributed by atoms with Crippen molar-refractivity contribution in [3.63, 3.8) is 0 Å². The molecule has 0 rings (SSSR count). The van der Waals surface area contributed by atoms with Gasteiger partial charge in [-0.15, -0.1) is 0 Å². The molecule has 0 amide bonds. The summed E-state index contributed by atoms with van der Waals surface area (Å²) in [6.45, 7) is 0. The number of carbonyl (C=O) groups is 1. The first-order valence-corrected chi connectivity index (χ1v) is 2.14. The fraction of sp³-hybridized carbons (Fsp3) is 0.200. The molecule has 0 aromatic carbocycles. The van der Waals surface area contributed by atoms with Crippen molar-refractivity contribution >= 4 is 12.5 Å². The molecule has 0 spiro atoms. The maximum atomic E-state index is 9.76. The van der Waals surface area contributed by atoms with Gasteiger partial charge in [-0.2, -0.15) is 0 Å². The fourth-order valence-corrected chi connectivity index (χ4v) is 0.200. The number of carbonyl (C=O) groups excluding carboxylic acids is 1. The van der Waals surface area contributed by atoms with E-state index >= 15 is 0 Å². The third-order valence-corrected chi connectivity index (χ3v) is 0.552. The quantitative estimate of drug-likeness (QED) is 0.303. The van der Waals surface area contributed by atoms with Crippen LogP contribution in [0.3, 0.4) is 0 Å². The topological polar surface area (TPSA) is 55.4 Å². The molecule has 0 aliphatic rings. The minimum atomic E-state index is 0.190. The Morgan fingerprint density at radius 3 is 2.75 bits per heavy atom. The molecule has 0 radical (unpaired) electrons. The molecule has 2 N–H and O–H groups in total. The van der Waals surface area contributed by atoms with Gasteiger partial charge in [0.25, 0.3) is 0 Å². The molecule has 0 unspecified atom stereocenters. The molecule has 0 saturated carbocycles. The van der Waals surface area contributed by atoms with Crippen LogP contribution in [0.2, 0.25) is 0 Å². The molecule has 0 aliphatic heterocycles. The Morgan fingerprint density at radius 2 is 2.38 bits per heavy atom. The Morgan fingerprint density at radius 1 is 1.75 bits per heavy atom. The summed E-state index contributed by atoms with van der Waals surface area (Å²) in [7, 11) is 1.61. The highest BCUT2D eigenvalue weighted by molar-refractivity contribution is 5.82. The van der Waals surface area contributed by atoms with Crippen LogP contribution in [0.25, 0.3) is 0 Å². The first-order chi connectivity index (χ1) is 3.81. The van der Waals surface area contributed by atoms with Crippen molar-refractivity contribution in [1.29, 1.82) is 0 Å². The molecule has 0 aliphatic carbocycles. The second kappa shape index (κ2) is 4.05. The first kappa shape index (κ1) is 6.88. The molecule has 3 heteroatoms. The summed E-state index contributed by atoms with van der Waals surface area (Å²) < 4.78 is 0. The van der Waals surface area contributed by atoms with Gasteiger partial charge in [-0.25, -0.2) is 0 Å². The molecule has 0 bridgehead atoms. The largest absolute Gasteiger partial charge is 0.396 e. The number of aliphatic imine (C=N–C) groups is 1. The van der Waals surface area contributed by atoms with Gasteiger partial charge in [0.2, 0.25) is 0 Å². The minimum Gasteiger partial charge on any atom is -0.396 e. The van der Waals surface area contributed by atoms with Gasteiger partial charge in [-0.1, -0.05) is 0 Å². The van der Waals surface area contributed by atoms with Gasteiger partial charge in [0, 0.05) is 13.3 Å². The number of hydrogen-bond donors (Lipinski definition) is 1. The smallest absolute Gasteiger partial charge is 0.165 e. The van der Waals surface area contributed by atoms with Crippen LogP contribution in [0, 0.1) is 0 Å². The van der Waals surface area contributed by atoms with Crippen molar-refractivity contribution in [2.24, 2.45) is 10.7 Å². The van der Waals surface area contributed by atoms with Gasteiger partial charge in [0.05, 0.1) is 5.70 Å². The predicted molar refractivity (Wildman–Crippen MR) is 32.8 cm³/mol. The number of aldehydes is 1. The van der Waals surface area contributed by atoms with Crippen LogP contribution in [-0.2, 0) is 4.79 Å². The van der Waals surface area contributed by atoms with Crippen molar-refractivity contribution < 1.29 is 4.79 Å². The highest BCUT2D eigenvalue weighted by atomic mass is 16.1. The highest BCUT2D eigenvalue weighted by Crippen LogP contribution is 1.70. The molecule has 44 valence electrons. The van der Waals surface area contributed by atoms with Gasteiger partial charge < -0.3 is 5.73 Å². The van der Waals surface area contributed by atoms with Crippen LogP contribution < -0.4 is 5.73 Å². The van der Waals surface area contributed by atoms with Gasteiger partial charge in [-0.05, 0) is 6.08 Å². The number of allylic oxidation sites excluding steroid dienone is 2. The lowest BCUT2D eigenvalue weighted by molar-refractivity contribution is -0.104. The van der Waals surface area contributed by atoms with E-state index in [0.717, 1.165) is 0 Å². The van der Waals surface area contributed by atoms with Crippen molar-refractivity contribution in [3.05, 3.63) is 11.8 Å². The zero-order valence-corrected chi connectivity index (χ0v) is 4.66. The third kappa shape index (κ3) is 3.08. The molecular formula is C5H8N2O. The molecule has 0 aromatic rings. The Labute approximate surface area is 47.9 Å². The summed E-state index contributed by atoms with van der Waals surface area (Å²) >= 11 is 0. The zero-order valence-electron chi connectivity index (χ0n) is 4.66. The zero-order chi connectivity index (χ0) is 6.41. The molecular weight excluding hydrogens is 104 g/mol. The Balaban J connectivity index is 3.74. The summed E-state index contributed by atoms with van der Waals surface area (Å²) in [5, 5.41) is 0.